The summed E-state index contributed by atoms with van der Waals surface area (Å²) >= 11 is 0. The normalized spacial score (nSPS) is 39.8. The molecule has 0 spiro atoms. The fraction of sp³-hybridized carbons (Fsp3) is 0.931. The Balaban J connectivity index is 1.67. The zero-order valence-corrected chi connectivity index (χ0v) is 27.4. The van der Waals surface area contributed by atoms with Crippen molar-refractivity contribution < 1.29 is 88.7 Å². The molecule has 3 rings (SSSR count). The molecule has 0 aromatic carbocycles. The molecular weight excluding hydrogens is 664 g/mol. The average molecular weight is 717 g/mol. The van der Waals surface area contributed by atoms with Crippen LogP contribution in [0, 0.1) is 0 Å². The molecule has 2 amide bonds. The van der Waals surface area contributed by atoms with Crippen LogP contribution in [0.2, 0.25) is 0 Å². The third kappa shape index (κ3) is 11.1. The van der Waals surface area contributed by atoms with E-state index in [0.29, 0.717) is 19.6 Å². The second-order valence-electron chi connectivity index (χ2n) is 12.0. The fourth-order valence-corrected chi connectivity index (χ4v) is 5.58. The summed E-state index contributed by atoms with van der Waals surface area (Å²) in [6.07, 6.45) is -21.7. The maximum Gasteiger partial charge on any atom is 0.222 e. The van der Waals surface area contributed by atoms with Gasteiger partial charge in [0.25, 0.3) is 0 Å². The first kappa shape index (κ1) is 41.7. The number of carbonyl (C=O) groups is 2. The average Bonchev–Trinajstić information content (AvgIpc) is 3.08. The van der Waals surface area contributed by atoms with E-state index in [4.69, 9.17) is 33.2 Å². The highest BCUT2D eigenvalue weighted by Gasteiger charge is 2.54. The molecule has 0 aromatic rings. The second-order valence-corrected chi connectivity index (χ2v) is 12.0. The molecule has 3 aliphatic rings. The van der Waals surface area contributed by atoms with Gasteiger partial charge in [-0.25, -0.2) is 0 Å². The number of hydrogen-bond donors (Lipinski definition) is 11. The Hall–Kier alpha value is -1.70. The highest BCUT2D eigenvalue weighted by molar-refractivity contribution is 5.75. The lowest BCUT2D eigenvalue weighted by Gasteiger charge is -2.48. The SMILES string of the molecule is CCCOCCC(=O)NCCCO[C@@H]1OC(CO)[C@@H](O[C@@H]2OC(CO)[C@H](O)[C@H](O[C@H]3OC(CO)[C@H](O)C(O)[C@@H]3O)C2O)[C@H](O)C1NC(C)=O. The van der Waals surface area contributed by atoms with Crippen LogP contribution < -0.4 is 10.6 Å². The molecule has 0 bridgehead atoms. The zero-order valence-electron chi connectivity index (χ0n) is 27.4. The van der Waals surface area contributed by atoms with Gasteiger partial charge in [-0.05, 0) is 12.8 Å². The van der Waals surface area contributed by atoms with Gasteiger partial charge in [0.2, 0.25) is 11.8 Å². The Bertz CT molecular complexity index is 997. The van der Waals surface area contributed by atoms with Crippen LogP contribution in [-0.4, -0.2) is 196 Å². The van der Waals surface area contributed by atoms with Crippen molar-refractivity contribution in [3.8, 4) is 0 Å². The predicted octanol–water partition coefficient (Wildman–Crippen LogP) is -6.08. The standard InChI is InChI=1S/C29H52N2O18/c1-3-7-43-9-5-17(36)30-6-4-8-44-27-18(31-13(2)35)21(39)25(16(12-34)47-27)48-29-24(42)26(20(38)15(11-33)46-29)49-28-23(41)22(40)19(37)14(10-32)45-28/h14-16,18-29,32-34,37-42H,3-12H2,1-2H3,(H,30,36)(H,31,35)/t14?,15?,16?,18?,19-,20-,21+,22?,23-,24?,25+,26-,27+,28+,29-/m0/s1. The summed E-state index contributed by atoms with van der Waals surface area (Å²) in [5.41, 5.74) is 0. The van der Waals surface area contributed by atoms with Crippen molar-refractivity contribution >= 4 is 11.8 Å². The van der Waals surface area contributed by atoms with Gasteiger partial charge in [0.05, 0.1) is 33.0 Å². The lowest BCUT2D eigenvalue weighted by Crippen LogP contribution is -2.68. The summed E-state index contributed by atoms with van der Waals surface area (Å²) in [7, 11) is 0. The monoisotopic (exact) mass is 716 g/mol. The van der Waals surface area contributed by atoms with Gasteiger partial charge >= 0.3 is 0 Å². The summed E-state index contributed by atoms with van der Waals surface area (Å²) in [6.45, 7) is 1.92. The molecule has 15 atom stereocenters. The number of aliphatic hydroxyl groups excluding tert-OH is 9. The summed E-state index contributed by atoms with van der Waals surface area (Å²) in [5.74, 6) is -0.786. The van der Waals surface area contributed by atoms with Crippen LogP contribution in [0.1, 0.15) is 33.1 Å². The molecule has 11 N–H and O–H groups in total. The van der Waals surface area contributed by atoms with E-state index >= 15 is 0 Å². The first-order valence-corrected chi connectivity index (χ1v) is 16.3. The lowest BCUT2D eigenvalue weighted by atomic mass is 9.95. The minimum atomic E-state index is -1.93. The zero-order chi connectivity index (χ0) is 36.2. The molecular formula is C29H52N2O18. The van der Waals surface area contributed by atoms with E-state index in [9.17, 15) is 55.5 Å². The predicted molar refractivity (Wildman–Crippen MR) is 160 cm³/mol. The van der Waals surface area contributed by atoms with Crippen molar-refractivity contribution in [2.45, 2.75) is 125 Å². The fourth-order valence-electron chi connectivity index (χ4n) is 5.58. The number of rotatable bonds is 18. The molecule has 0 aromatic heterocycles. The van der Waals surface area contributed by atoms with Gasteiger partial charge in [-0.3, -0.25) is 9.59 Å². The highest BCUT2D eigenvalue weighted by Crippen LogP contribution is 2.32. The van der Waals surface area contributed by atoms with Gasteiger partial charge in [0.1, 0.15) is 73.2 Å². The molecule has 20 heteroatoms. The van der Waals surface area contributed by atoms with E-state index in [1.807, 2.05) is 6.92 Å². The maximum atomic E-state index is 12.0. The number of carbonyl (C=O) groups excluding carboxylic acids is 2. The van der Waals surface area contributed by atoms with Crippen molar-refractivity contribution in [3.63, 3.8) is 0 Å². The van der Waals surface area contributed by atoms with Crippen LogP contribution in [0.25, 0.3) is 0 Å². The second kappa shape index (κ2) is 20.4. The van der Waals surface area contributed by atoms with Crippen LogP contribution in [-0.2, 0) is 42.7 Å². The smallest absolute Gasteiger partial charge is 0.222 e. The lowest BCUT2D eigenvalue weighted by molar-refractivity contribution is -0.376. The van der Waals surface area contributed by atoms with Crippen LogP contribution in [0.5, 0.6) is 0 Å². The molecule has 286 valence electrons. The van der Waals surface area contributed by atoms with Crippen LogP contribution >= 0.6 is 0 Å². The van der Waals surface area contributed by atoms with E-state index in [1.54, 1.807) is 0 Å². The van der Waals surface area contributed by atoms with Gasteiger partial charge in [0.15, 0.2) is 18.9 Å². The van der Waals surface area contributed by atoms with Crippen molar-refractivity contribution in [3.05, 3.63) is 0 Å². The number of ether oxygens (including phenoxy) is 7. The minimum absolute atomic E-state index is 0.0151. The molecule has 3 saturated heterocycles. The van der Waals surface area contributed by atoms with Crippen LogP contribution in [0.4, 0.5) is 0 Å². The Labute approximate surface area is 282 Å². The van der Waals surface area contributed by atoms with Gasteiger partial charge in [-0.15, -0.1) is 0 Å². The van der Waals surface area contributed by atoms with Gasteiger partial charge in [-0.1, -0.05) is 6.92 Å². The molecule has 3 aliphatic heterocycles. The molecule has 0 saturated carbocycles. The number of nitrogens with one attached hydrogen (secondary N) is 2. The van der Waals surface area contributed by atoms with Gasteiger partial charge < -0.3 is 89.8 Å². The molecule has 49 heavy (non-hydrogen) atoms. The topological polar surface area (TPSA) is 305 Å². The van der Waals surface area contributed by atoms with Gasteiger partial charge in [0, 0.05) is 26.5 Å². The molecule has 3 heterocycles. The van der Waals surface area contributed by atoms with Crippen molar-refractivity contribution in [2.24, 2.45) is 0 Å². The Morgan fingerprint density at radius 1 is 0.673 bits per heavy atom. The van der Waals surface area contributed by atoms with E-state index in [2.05, 4.69) is 10.6 Å². The van der Waals surface area contributed by atoms with E-state index in [-0.39, 0.29) is 25.5 Å². The minimum Gasteiger partial charge on any atom is -0.394 e. The number of hydrogen-bond acceptors (Lipinski definition) is 18. The van der Waals surface area contributed by atoms with Crippen molar-refractivity contribution in [1.29, 1.82) is 0 Å². The first-order chi connectivity index (χ1) is 23.4. The van der Waals surface area contributed by atoms with Crippen LogP contribution in [0.15, 0.2) is 0 Å². The van der Waals surface area contributed by atoms with Crippen molar-refractivity contribution in [2.75, 3.05) is 46.2 Å². The largest absolute Gasteiger partial charge is 0.394 e. The molecule has 0 aliphatic carbocycles. The maximum absolute atomic E-state index is 12.0. The Kier molecular flexibility index (Phi) is 17.3. The Morgan fingerprint density at radius 2 is 1.27 bits per heavy atom. The summed E-state index contributed by atoms with van der Waals surface area (Å²) in [6, 6.07) is -1.27. The quantitative estimate of drug-likeness (QED) is 0.0588. The molecule has 3 fully saturated rings. The third-order valence-electron chi connectivity index (χ3n) is 8.22. The number of aliphatic hydroxyl groups is 9. The third-order valence-corrected chi connectivity index (χ3v) is 8.22. The highest BCUT2D eigenvalue weighted by atomic mass is 16.8. The van der Waals surface area contributed by atoms with Crippen molar-refractivity contribution in [1.82, 2.24) is 10.6 Å². The van der Waals surface area contributed by atoms with Crippen LogP contribution in [0.3, 0.4) is 0 Å². The molecule has 6 unspecified atom stereocenters. The summed E-state index contributed by atoms with van der Waals surface area (Å²) < 4.78 is 39.1. The first-order valence-electron chi connectivity index (χ1n) is 16.3. The van der Waals surface area contributed by atoms with E-state index in [1.165, 1.54) is 6.92 Å². The molecule has 20 nitrogen and oxygen atoms in total. The number of amides is 2. The van der Waals surface area contributed by atoms with E-state index in [0.717, 1.165) is 6.42 Å². The Morgan fingerprint density at radius 3 is 1.88 bits per heavy atom. The van der Waals surface area contributed by atoms with Gasteiger partial charge in [-0.2, -0.15) is 0 Å². The molecule has 0 radical (unpaired) electrons. The summed E-state index contributed by atoms with van der Waals surface area (Å²) in [4.78, 5) is 24.0. The van der Waals surface area contributed by atoms with E-state index < -0.39 is 118 Å². The summed E-state index contributed by atoms with van der Waals surface area (Å²) in [5, 5.41) is 98.6.